The van der Waals surface area contributed by atoms with E-state index >= 15 is 0 Å². The van der Waals surface area contributed by atoms with Gasteiger partial charge in [0.1, 0.15) is 0 Å². The van der Waals surface area contributed by atoms with Crippen LogP contribution >= 0.6 is 0 Å². The third-order valence-electron chi connectivity index (χ3n) is 3.39. The molecular weight excluding hydrogens is 216 g/mol. The molecule has 1 saturated heterocycles. The Hall–Kier alpha value is -1.58. The van der Waals surface area contributed by atoms with E-state index in [9.17, 15) is 9.59 Å². The average molecular weight is 234 g/mol. The summed E-state index contributed by atoms with van der Waals surface area (Å²) in [5, 5.41) is 0. The Labute approximate surface area is 101 Å². The lowest BCUT2D eigenvalue weighted by molar-refractivity contribution is 0.0607. The molecule has 2 heterocycles. The number of likely N-dealkylation sites (tertiary alicyclic amines) is 1. The van der Waals surface area contributed by atoms with E-state index in [1.54, 1.807) is 6.07 Å². The number of carbonyl (C=O) groups excluding carboxylic acids is 1. The van der Waals surface area contributed by atoms with Crippen LogP contribution in [0.1, 0.15) is 43.0 Å². The van der Waals surface area contributed by atoms with Crippen LogP contribution in [0.3, 0.4) is 0 Å². The molecule has 1 aromatic rings. The summed E-state index contributed by atoms with van der Waals surface area (Å²) in [7, 11) is 0. The normalized spacial score (nSPS) is 20.3. The highest BCUT2D eigenvalue weighted by molar-refractivity contribution is 5.94. The van der Waals surface area contributed by atoms with E-state index in [0.29, 0.717) is 11.6 Å². The monoisotopic (exact) mass is 234 g/mol. The molecular formula is C13H18N2O2. The first-order chi connectivity index (χ1) is 8.22. The number of pyridine rings is 1. The fraction of sp³-hybridized carbons (Fsp3) is 0.538. The first-order valence-electron chi connectivity index (χ1n) is 6.22. The third-order valence-corrected chi connectivity index (χ3v) is 3.39. The van der Waals surface area contributed by atoms with Gasteiger partial charge in [0.2, 0.25) is 5.56 Å². The summed E-state index contributed by atoms with van der Waals surface area (Å²) in [5.41, 5.74) is 0.400. The Kier molecular flexibility index (Phi) is 3.61. The minimum atomic E-state index is -0.174. The molecule has 1 atom stereocenters. The molecule has 0 bridgehead atoms. The molecule has 4 heteroatoms. The molecule has 1 amide bonds. The number of nitrogens with one attached hydrogen (secondary N) is 1. The Morgan fingerprint density at radius 1 is 1.47 bits per heavy atom. The van der Waals surface area contributed by atoms with Gasteiger partial charge in [0.15, 0.2) is 0 Å². The lowest BCUT2D eigenvalue weighted by Crippen LogP contribution is -2.43. The summed E-state index contributed by atoms with van der Waals surface area (Å²) in [6, 6.07) is 3.35. The molecule has 92 valence electrons. The van der Waals surface area contributed by atoms with Crippen molar-refractivity contribution in [2.24, 2.45) is 0 Å². The van der Waals surface area contributed by atoms with Crippen molar-refractivity contribution in [2.45, 2.75) is 38.6 Å². The smallest absolute Gasteiger partial charge is 0.255 e. The molecule has 0 saturated carbocycles. The van der Waals surface area contributed by atoms with Crippen LogP contribution in [-0.4, -0.2) is 28.4 Å². The van der Waals surface area contributed by atoms with Gasteiger partial charge in [0.25, 0.3) is 5.91 Å². The molecule has 1 fully saturated rings. The number of carbonyl (C=O) groups is 1. The fourth-order valence-electron chi connectivity index (χ4n) is 2.40. The van der Waals surface area contributed by atoms with E-state index < -0.39 is 0 Å². The van der Waals surface area contributed by atoms with Gasteiger partial charge in [0, 0.05) is 24.8 Å². The van der Waals surface area contributed by atoms with Crippen LogP contribution in [0.5, 0.6) is 0 Å². The molecule has 4 nitrogen and oxygen atoms in total. The number of hydrogen-bond donors (Lipinski definition) is 1. The minimum absolute atomic E-state index is 0.0350. The fourth-order valence-corrected chi connectivity index (χ4v) is 2.40. The molecule has 1 aliphatic heterocycles. The molecule has 0 radical (unpaired) electrons. The minimum Gasteiger partial charge on any atom is -0.336 e. The first-order valence-corrected chi connectivity index (χ1v) is 6.22. The zero-order valence-electron chi connectivity index (χ0n) is 10.1. The van der Waals surface area contributed by atoms with Crippen LogP contribution in [0.2, 0.25) is 0 Å². The topological polar surface area (TPSA) is 53.2 Å². The Morgan fingerprint density at radius 3 is 2.94 bits per heavy atom. The Morgan fingerprint density at radius 2 is 2.29 bits per heavy atom. The Bertz CT molecular complexity index is 432. The van der Waals surface area contributed by atoms with Crippen molar-refractivity contribution in [3.8, 4) is 0 Å². The molecule has 2 rings (SSSR count). The summed E-state index contributed by atoms with van der Waals surface area (Å²) in [4.78, 5) is 27.7. The summed E-state index contributed by atoms with van der Waals surface area (Å²) in [6.45, 7) is 2.94. The molecule has 1 aromatic heterocycles. The second kappa shape index (κ2) is 5.17. The summed E-state index contributed by atoms with van der Waals surface area (Å²) >= 11 is 0. The standard InChI is InChI=1S/C13H18N2O2/c1-2-11-5-3-4-8-15(11)13(17)10-6-7-12(16)14-9-10/h6-7,9,11H,2-5,8H2,1H3,(H,14,16)/t11-/m0/s1. The molecule has 17 heavy (non-hydrogen) atoms. The maximum atomic E-state index is 12.3. The maximum Gasteiger partial charge on any atom is 0.255 e. The van der Waals surface area contributed by atoms with Crippen LogP contribution in [0.15, 0.2) is 23.1 Å². The van der Waals surface area contributed by atoms with E-state index in [-0.39, 0.29) is 11.5 Å². The van der Waals surface area contributed by atoms with Crippen LogP contribution in [0.4, 0.5) is 0 Å². The molecule has 0 spiro atoms. The summed E-state index contributed by atoms with van der Waals surface area (Å²) in [5.74, 6) is 0.0350. The number of aromatic amines is 1. The van der Waals surface area contributed by atoms with Gasteiger partial charge in [-0.05, 0) is 31.7 Å². The SMILES string of the molecule is CC[C@H]1CCCCN1C(=O)c1ccc(=O)[nH]c1. The van der Waals surface area contributed by atoms with Crippen molar-refractivity contribution >= 4 is 5.91 Å². The zero-order chi connectivity index (χ0) is 12.3. The van der Waals surface area contributed by atoms with E-state index in [2.05, 4.69) is 11.9 Å². The number of piperidine rings is 1. The van der Waals surface area contributed by atoms with Crippen molar-refractivity contribution in [1.82, 2.24) is 9.88 Å². The number of amides is 1. The van der Waals surface area contributed by atoms with Gasteiger partial charge in [-0.1, -0.05) is 6.92 Å². The lowest BCUT2D eigenvalue weighted by Gasteiger charge is -2.35. The van der Waals surface area contributed by atoms with Gasteiger partial charge in [0.05, 0.1) is 5.56 Å². The van der Waals surface area contributed by atoms with Crippen LogP contribution in [-0.2, 0) is 0 Å². The van der Waals surface area contributed by atoms with Crippen LogP contribution in [0, 0.1) is 0 Å². The highest BCUT2D eigenvalue weighted by Crippen LogP contribution is 2.21. The largest absolute Gasteiger partial charge is 0.336 e. The molecule has 1 aliphatic rings. The number of nitrogens with zero attached hydrogens (tertiary/aromatic N) is 1. The number of H-pyrrole nitrogens is 1. The van der Waals surface area contributed by atoms with Gasteiger partial charge in [-0.25, -0.2) is 0 Å². The zero-order valence-corrected chi connectivity index (χ0v) is 10.1. The highest BCUT2D eigenvalue weighted by atomic mass is 16.2. The molecule has 0 aromatic carbocycles. The lowest BCUT2D eigenvalue weighted by atomic mass is 9.99. The molecule has 1 N–H and O–H groups in total. The van der Waals surface area contributed by atoms with E-state index in [1.807, 2.05) is 4.90 Å². The number of hydrogen-bond acceptors (Lipinski definition) is 2. The quantitative estimate of drug-likeness (QED) is 0.848. The van der Waals surface area contributed by atoms with Crippen molar-refractivity contribution in [3.05, 3.63) is 34.2 Å². The van der Waals surface area contributed by atoms with Crippen molar-refractivity contribution in [3.63, 3.8) is 0 Å². The van der Waals surface area contributed by atoms with Crippen LogP contribution < -0.4 is 5.56 Å². The summed E-state index contributed by atoms with van der Waals surface area (Å²) < 4.78 is 0. The van der Waals surface area contributed by atoms with Crippen molar-refractivity contribution in [1.29, 1.82) is 0 Å². The maximum absolute atomic E-state index is 12.3. The van der Waals surface area contributed by atoms with Gasteiger partial charge >= 0.3 is 0 Å². The van der Waals surface area contributed by atoms with E-state index in [4.69, 9.17) is 0 Å². The predicted octanol–water partition coefficient (Wildman–Crippen LogP) is 1.78. The second-order valence-electron chi connectivity index (χ2n) is 4.50. The average Bonchev–Trinajstić information content (AvgIpc) is 2.39. The third kappa shape index (κ3) is 2.57. The van der Waals surface area contributed by atoms with Gasteiger partial charge in [-0.15, -0.1) is 0 Å². The van der Waals surface area contributed by atoms with Crippen molar-refractivity contribution < 1.29 is 4.79 Å². The summed E-state index contributed by atoms with van der Waals surface area (Å²) in [6.07, 6.45) is 5.87. The molecule has 0 aliphatic carbocycles. The Balaban J connectivity index is 2.18. The number of rotatable bonds is 2. The van der Waals surface area contributed by atoms with Crippen LogP contribution in [0.25, 0.3) is 0 Å². The second-order valence-corrected chi connectivity index (χ2v) is 4.50. The van der Waals surface area contributed by atoms with Gasteiger partial charge in [-0.2, -0.15) is 0 Å². The molecule has 0 unspecified atom stereocenters. The predicted molar refractivity (Wildman–Crippen MR) is 66.0 cm³/mol. The van der Waals surface area contributed by atoms with Gasteiger partial charge in [-0.3, -0.25) is 9.59 Å². The first kappa shape index (κ1) is 11.9. The van der Waals surface area contributed by atoms with Gasteiger partial charge < -0.3 is 9.88 Å². The highest BCUT2D eigenvalue weighted by Gasteiger charge is 2.25. The van der Waals surface area contributed by atoms with E-state index in [0.717, 1.165) is 25.8 Å². The van der Waals surface area contributed by atoms with Crippen molar-refractivity contribution in [2.75, 3.05) is 6.54 Å². The van der Waals surface area contributed by atoms with E-state index in [1.165, 1.54) is 18.7 Å². The number of aromatic nitrogens is 1.